The molecule has 0 rings (SSSR count). The molecule has 0 bridgehead atoms. The second-order valence-electron chi connectivity index (χ2n) is 13.1. The number of ketones is 2. The third kappa shape index (κ3) is 25.3. The topological polar surface area (TPSA) is 61.4 Å². The van der Waals surface area contributed by atoms with Crippen LogP contribution in [-0.2, 0) is 9.59 Å². The van der Waals surface area contributed by atoms with E-state index >= 15 is 0 Å². The third-order valence-corrected chi connectivity index (χ3v) is 6.55. The second kappa shape index (κ2) is 23.1. The monoisotopic (exact) mass is 526 g/mol. The summed E-state index contributed by atoms with van der Waals surface area (Å²) in [6.07, 6.45) is 7.65. The lowest BCUT2D eigenvalue weighted by Crippen LogP contribution is -2.41. The van der Waals surface area contributed by atoms with Crippen LogP contribution in [0, 0.1) is 29.6 Å². The molecule has 0 saturated carbocycles. The van der Waals surface area contributed by atoms with E-state index in [0.29, 0.717) is 30.2 Å². The van der Waals surface area contributed by atoms with Gasteiger partial charge in [0.1, 0.15) is 11.6 Å². The molecule has 0 heterocycles. The van der Waals surface area contributed by atoms with Crippen molar-refractivity contribution < 1.29 is 9.59 Å². The first-order chi connectivity index (χ1) is 17.2. The van der Waals surface area contributed by atoms with Crippen molar-refractivity contribution in [2.24, 2.45) is 29.6 Å². The largest absolute Gasteiger partial charge is 0.314 e. The van der Waals surface area contributed by atoms with Crippen LogP contribution in [0.15, 0.2) is 0 Å². The van der Waals surface area contributed by atoms with E-state index in [0.717, 1.165) is 38.0 Å². The van der Waals surface area contributed by atoms with Crippen LogP contribution >= 0.6 is 0 Å². The molecule has 0 fully saturated rings. The number of hydrogen-bond donors (Lipinski definition) is 2. The first-order valence-corrected chi connectivity index (χ1v) is 15.4. The van der Waals surface area contributed by atoms with E-state index in [9.17, 15) is 9.59 Å². The maximum Gasteiger partial charge on any atom is 0.149 e. The number of carbonyl (C=O) groups excluding carboxylic acids is 2. The zero-order chi connectivity index (χ0) is 29.0. The van der Waals surface area contributed by atoms with Crippen molar-refractivity contribution in [2.75, 3.05) is 32.7 Å². The number of nitrogens with zero attached hydrogens (tertiary/aromatic N) is 1. The molecule has 0 aliphatic carbocycles. The van der Waals surface area contributed by atoms with Gasteiger partial charge in [0.15, 0.2) is 0 Å². The Balaban J connectivity index is 0. The van der Waals surface area contributed by atoms with Gasteiger partial charge in [0.05, 0.1) is 6.54 Å². The van der Waals surface area contributed by atoms with Gasteiger partial charge >= 0.3 is 0 Å². The summed E-state index contributed by atoms with van der Waals surface area (Å²) in [7, 11) is 0. The zero-order valence-corrected chi connectivity index (χ0v) is 27.1. The minimum Gasteiger partial charge on any atom is -0.314 e. The third-order valence-electron chi connectivity index (χ3n) is 6.55. The van der Waals surface area contributed by atoms with Crippen molar-refractivity contribution in [3.8, 4) is 0 Å². The summed E-state index contributed by atoms with van der Waals surface area (Å²) in [5, 5.41) is 6.69. The van der Waals surface area contributed by atoms with E-state index in [1.807, 2.05) is 27.7 Å². The summed E-state index contributed by atoms with van der Waals surface area (Å²) < 4.78 is 0. The molecule has 0 amide bonds. The van der Waals surface area contributed by atoms with E-state index in [2.05, 4.69) is 70.9 Å². The molecule has 0 aromatic carbocycles. The van der Waals surface area contributed by atoms with Crippen LogP contribution in [0.5, 0.6) is 0 Å². The van der Waals surface area contributed by atoms with E-state index < -0.39 is 0 Å². The molecule has 5 nitrogen and oxygen atoms in total. The normalized spacial score (nSPS) is 12.1. The van der Waals surface area contributed by atoms with Crippen molar-refractivity contribution in [3.05, 3.63) is 0 Å². The van der Waals surface area contributed by atoms with Gasteiger partial charge in [0.2, 0.25) is 0 Å². The second-order valence-corrected chi connectivity index (χ2v) is 13.1. The Kier molecular flexibility index (Phi) is 24.0. The van der Waals surface area contributed by atoms with Gasteiger partial charge in [-0.3, -0.25) is 14.5 Å². The van der Waals surface area contributed by atoms with Gasteiger partial charge in [-0.15, -0.1) is 0 Å². The fourth-order valence-electron chi connectivity index (χ4n) is 3.95. The molecule has 0 unspecified atom stereocenters. The summed E-state index contributed by atoms with van der Waals surface area (Å²) in [6.45, 7) is 29.9. The zero-order valence-electron chi connectivity index (χ0n) is 27.1. The van der Waals surface area contributed by atoms with E-state index in [-0.39, 0.29) is 17.8 Å². The van der Waals surface area contributed by atoms with Crippen LogP contribution in [0.1, 0.15) is 122 Å². The van der Waals surface area contributed by atoms with Crippen molar-refractivity contribution in [2.45, 2.75) is 134 Å². The maximum absolute atomic E-state index is 12.0. The first kappa shape index (κ1) is 38.4. The highest BCUT2D eigenvalue weighted by Gasteiger charge is 2.21. The maximum atomic E-state index is 12.0. The minimum atomic E-state index is 0.0878. The molecule has 0 aromatic rings. The first-order valence-electron chi connectivity index (χ1n) is 15.4. The number of Topliss-reactive ketones (excluding diaryl/α,β-unsaturated/α-hetero) is 2. The molecule has 0 atom stereocenters. The minimum absolute atomic E-state index is 0.0878. The van der Waals surface area contributed by atoms with Crippen LogP contribution in [-0.4, -0.2) is 61.3 Å². The molecule has 5 heteroatoms. The smallest absolute Gasteiger partial charge is 0.149 e. The quantitative estimate of drug-likeness (QED) is 0.158. The standard InChI is InChI=1S/C19H39NO.C13H28N2O/c1-16(2)11-7-9-13-20(15-19(21)18(5)6)14-10-8-12-17(3)4;1-9(2)13(16)12(7-14-10(3)4)8-15-11(5)6/h16-18H,7-15H2,1-6H3;9-12,14-15H,7-8H2,1-6H3. The Morgan fingerprint density at radius 3 is 1.30 bits per heavy atom. The summed E-state index contributed by atoms with van der Waals surface area (Å²) in [5.74, 6) is 2.70. The lowest BCUT2D eigenvalue weighted by atomic mass is 9.94. The lowest BCUT2D eigenvalue weighted by molar-refractivity contribution is -0.125. The number of hydrogen-bond acceptors (Lipinski definition) is 5. The molecule has 222 valence electrons. The van der Waals surface area contributed by atoms with Gasteiger partial charge in [-0.25, -0.2) is 0 Å². The summed E-state index contributed by atoms with van der Waals surface area (Å²) in [4.78, 5) is 26.4. The highest BCUT2D eigenvalue weighted by Crippen LogP contribution is 2.11. The summed E-state index contributed by atoms with van der Waals surface area (Å²) >= 11 is 0. The van der Waals surface area contributed by atoms with Gasteiger partial charge in [-0.1, -0.05) is 109 Å². The molecule has 0 radical (unpaired) electrons. The fourth-order valence-corrected chi connectivity index (χ4v) is 3.95. The Morgan fingerprint density at radius 1 is 0.595 bits per heavy atom. The van der Waals surface area contributed by atoms with Crippen LogP contribution in [0.25, 0.3) is 0 Å². The van der Waals surface area contributed by atoms with Gasteiger partial charge < -0.3 is 10.6 Å². The van der Waals surface area contributed by atoms with Gasteiger partial charge in [0.25, 0.3) is 0 Å². The molecule has 2 N–H and O–H groups in total. The highest BCUT2D eigenvalue weighted by atomic mass is 16.1. The van der Waals surface area contributed by atoms with Crippen molar-refractivity contribution in [1.29, 1.82) is 0 Å². The molecule has 37 heavy (non-hydrogen) atoms. The van der Waals surface area contributed by atoms with E-state index in [4.69, 9.17) is 0 Å². The molecule has 0 aromatic heterocycles. The Hall–Kier alpha value is -0.780. The molecule has 0 spiro atoms. The number of carbonyl (C=O) groups is 2. The number of unbranched alkanes of at least 4 members (excludes halogenated alkanes) is 2. The van der Waals surface area contributed by atoms with Gasteiger partial charge in [0, 0.05) is 42.9 Å². The van der Waals surface area contributed by atoms with Gasteiger partial charge in [-0.2, -0.15) is 0 Å². The molecular formula is C32H67N3O2. The Morgan fingerprint density at radius 2 is 1.00 bits per heavy atom. The van der Waals surface area contributed by atoms with Crippen LogP contribution in [0.4, 0.5) is 0 Å². The number of rotatable bonds is 21. The SMILES string of the molecule is CC(C)CCCCN(CCCCC(C)C)CC(=O)C(C)C.CC(C)NCC(CNC(C)C)C(=O)C(C)C. The van der Waals surface area contributed by atoms with Crippen LogP contribution in [0.2, 0.25) is 0 Å². The average molecular weight is 526 g/mol. The van der Waals surface area contributed by atoms with E-state index in [1.165, 1.54) is 38.5 Å². The molecule has 0 aliphatic rings. The van der Waals surface area contributed by atoms with E-state index in [1.54, 1.807) is 0 Å². The predicted octanol–water partition coefficient (Wildman–Crippen LogP) is 6.99. The Labute approximate surface area is 232 Å². The van der Waals surface area contributed by atoms with Gasteiger partial charge in [-0.05, 0) is 37.8 Å². The fraction of sp³-hybridized carbons (Fsp3) is 0.938. The summed E-state index contributed by atoms with van der Waals surface area (Å²) in [5.41, 5.74) is 0. The van der Waals surface area contributed by atoms with Crippen LogP contribution < -0.4 is 10.6 Å². The average Bonchev–Trinajstić information content (AvgIpc) is 2.78. The van der Waals surface area contributed by atoms with Crippen molar-refractivity contribution >= 4 is 11.6 Å². The number of nitrogens with one attached hydrogen (secondary N) is 2. The highest BCUT2D eigenvalue weighted by molar-refractivity contribution is 5.83. The van der Waals surface area contributed by atoms with Crippen LogP contribution in [0.3, 0.4) is 0 Å². The molecular weight excluding hydrogens is 458 g/mol. The van der Waals surface area contributed by atoms with Crippen molar-refractivity contribution in [3.63, 3.8) is 0 Å². The molecule has 0 aliphatic heterocycles. The summed E-state index contributed by atoms with van der Waals surface area (Å²) in [6, 6.07) is 0.864. The van der Waals surface area contributed by atoms with Crippen molar-refractivity contribution in [1.82, 2.24) is 15.5 Å². The molecule has 0 saturated heterocycles. The predicted molar refractivity (Wildman–Crippen MR) is 163 cm³/mol. The Bertz CT molecular complexity index is 528. The lowest BCUT2D eigenvalue weighted by Gasteiger charge is -2.23.